The van der Waals surface area contributed by atoms with Crippen molar-refractivity contribution in [3.05, 3.63) is 83.8 Å². The van der Waals surface area contributed by atoms with Crippen molar-refractivity contribution < 1.29 is 19.1 Å². The second-order valence-electron chi connectivity index (χ2n) is 5.70. The Bertz CT molecular complexity index is 977. The lowest BCUT2D eigenvalue weighted by atomic mass is 10.1. The summed E-state index contributed by atoms with van der Waals surface area (Å²) in [5, 5.41) is 16.1. The number of rotatable bonds is 5. The second kappa shape index (κ2) is 8.01. The van der Waals surface area contributed by atoms with E-state index in [1.165, 1.54) is 30.5 Å². The third kappa shape index (κ3) is 4.60. The summed E-state index contributed by atoms with van der Waals surface area (Å²) in [5.74, 6) is -0.449. The third-order valence-electron chi connectivity index (χ3n) is 3.74. The number of hydrogen-bond donors (Lipinski definition) is 3. The Morgan fingerprint density at radius 2 is 1.74 bits per heavy atom. The molecule has 7 nitrogen and oxygen atoms in total. The summed E-state index contributed by atoms with van der Waals surface area (Å²) < 4.78 is 5.06. The van der Waals surface area contributed by atoms with Crippen LogP contribution in [0, 0.1) is 0 Å². The van der Waals surface area contributed by atoms with Gasteiger partial charge in [-0.3, -0.25) is 9.59 Å². The van der Waals surface area contributed by atoms with Gasteiger partial charge in [0.1, 0.15) is 5.75 Å². The lowest BCUT2D eigenvalue weighted by molar-refractivity contribution is 0.0953. The highest BCUT2D eigenvalue weighted by Crippen LogP contribution is 2.14. The van der Waals surface area contributed by atoms with Gasteiger partial charge >= 0.3 is 0 Å². The van der Waals surface area contributed by atoms with Crippen molar-refractivity contribution in [3.63, 3.8) is 0 Å². The molecule has 1 aromatic heterocycles. The Hall–Kier alpha value is -3.87. The standard InChI is InChI=1S/C20H17N3O4/c1-13(22-23-19(25)14-7-9-17(24)10-8-14)15-4-2-5-16(12-15)21-20(26)18-6-3-11-27-18/h2-12,24H,1H3,(H,21,26)(H,23,25)/b22-13+. The largest absolute Gasteiger partial charge is 0.508 e. The highest BCUT2D eigenvalue weighted by atomic mass is 16.3. The topological polar surface area (TPSA) is 104 Å². The van der Waals surface area contributed by atoms with E-state index in [4.69, 9.17) is 4.42 Å². The van der Waals surface area contributed by atoms with Crippen LogP contribution in [0.5, 0.6) is 5.75 Å². The number of phenolic OH excluding ortho intramolecular Hbond substituents is 1. The predicted octanol–water partition coefficient (Wildman–Crippen LogP) is 3.39. The Morgan fingerprint density at radius 3 is 2.44 bits per heavy atom. The number of furan rings is 1. The first kappa shape index (κ1) is 17.9. The fourth-order valence-electron chi connectivity index (χ4n) is 2.30. The molecule has 1 heterocycles. The van der Waals surface area contributed by atoms with E-state index in [1.807, 2.05) is 6.07 Å². The van der Waals surface area contributed by atoms with Crippen molar-refractivity contribution in [1.82, 2.24) is 5.43 Å². The van der Waals surface area contributed by atoms with Gasteiger partial charge in [-0.15, -0.1) is 0 Å². The van der Waals surface area contributed by atoms with Gasteiger partial charge in [-0.2, -0.15) is 5.10 Å². The monoisotopic (exact) mass is 363 g/mol. The van der Waals surface area contributed by atoms with Gasteiger partial charge in [-0.05, 0) is 61.0 Å². The zero-order valence-electron chi connectivity index (χ0n) is 14.5. The van der Waals surface area contributed by atoms with Crippen molar-refractivity contribution in [2.24, 2.45) is 5.10 Å². The Kier molecular flexibility index (Phi) is 5.32. The molecule has 0 saturated heterocycles. The molecule has 3 rings (SSSR count). The van der Waals surface area contributed by atoms with Crippen LogP contribution in [0.4, 0.5) is 5.69 Å². The lowest BCUT2D eigenvalue weighted by Gasteiger charge is -2.07. The first-order valence-electron chi connectivity index (χ1n) is 8.12. The zero-order chi connectivity index (χ0) is 19.2. The summed E-state index contributed by atoms with van der Waals surface area (Å²) in [6, 6.07) is 16.1. The predicted molar refractivity (Wildman–Crippen MR) is 101 cm³/mol. The van der Waals surface area contributed by atoms with Crippen molar-refractivity contribution in [2.45, 2.75) is 6.92 Å². The van der Waals surface area contributed by atoms with E-state index in [-0.39, 0.29) is 17.4 Å². The molecule has 0 radical (unpaired) electrons. The molecule has 0 unspecified atom stereocenters. The summed E-state index contributed by atoms with van der Waals surface area (Å²) in [7, 11) is 0. The summed E-state index contributed by atoms with van der Waals surface area (Å²) >= 11 is 0. The fraction of sp³-hybridized carbons (Fsp3) is 0.0500. The fourth-order valence-corrected chi connectivity index (χ4v) is 2.30. The van der Waals surface area contributed by atoms with E-state index >= 15 is 0 Å². The smallest absolute Gasteiger partial charge is 0.291 e. The maximum absolute atomic E-state index is 12.1. The Labute approximate surface area is 155 Å². The minimum absolute atomic E-state index is 0.0830. The summed E-state index contributed by atoms with van der Waals surface area (Å²) in [4.78, 5) is 24.1. The normalized spacial score (nSPS) is 11.1. The number of phenols is 1. The summed E-state index contributed by atoms with van der Waals surface area (Å²) in [6.07, 6.45) is 1.43. The molecule has 3 N–H and O–H groups in total. The number of carbonyl (C=O) groups excluding carboxylic acids is 2. The van der Waals surface area contributed by atoms with Crippen LogP contribution >= 0.6 is 0 Å². The summed E-state index contributed by atoms with van der Waals surface area (Å²) in [6.45, 7) is 1.74. The molecule has 2 amide bonds. The maximum Gasteiger partial charge on any atom is 0.291 e. The maximum atomic E-state index is 12.1. The Morgan fingerprint density at radius 1 is 0.963 bits per heavy atom. The number of aromatic hydroxyl groups is 1. The van der Waals surface area contributed by atoms with Crippen molar-refractivity contribution in [3.8, 4) is 5.75 Å². The first-order chi connectivity index (χ1) is 13.0. The van der Waals surface area contributed by atoms with Gasteiger partial charge in [0, 0.05) is 11.3 Å². The molecule has 0 atom stereocenters. The zero-order valence-corrected chi connectivity index (χ0v) is 14.5. The lowest BCUT2D eigenvalue weighted by Crippen LogP contribution is -2.19. The van der Waals surface area contributed by atoms with Gasteiger partial charge in [0.2, 0.25) is 0 Å². The van der Waals surface area contributed by atoms with Crippen LogP contribution in [0.25, 0.3) is 0 Å². The van der Waals surface area contributed by atoms with Crippen LogP contribution in [0.1, 0.15) is 33.4 Å². The molecular formula is C20H17N3O4. The molecule has 27 heavy (non-hydrogen) atoms. The number of nitrogens with one attached hydrogen (secondary N) is 2. The molecule has 2 aromatic carbocycles. The number of hydrazone groups is 1. The molecule has 7 heteroatoms. The number of hydrogen-bond acceptors (Lipinski definition) is 5. The highest BCUT2D eigenvalue weighted by Gasteiger charge is 2.10. The molecule has 0 aliphatic heterocycles. The SMILES string of the molecule is C/C(=N\NC(=O)c1ccc(O)cc1)c1cccc(NC(=O)c2ccco2)c1. The van der Waals surface area contributed by atoms with Crippen molar-refractivity contribution in [2.75, 3.05) is 5.32 Å². The van der Waals surface area contributed by atoms with Crippen LogP contribution in [0.2, 0.25) is 0 Å². The van der Waals surface area contributed by atoms with Gasteiger partial charge < -0.3 is 14.8 Å². The minimum Gasteiger partial charge on any atom is -0.508 e. The molecule has 0 aliphatic rings. The van der Waals surface area contributed by atoms with Crippen molar-refractivity contribution >= 4 is 23.2 Å². The van der Waals surface area contributed by atoms with Gasteiger partial charge in [0.05, 0.1) is 12.0 Å². The molecule has 0 aliphatic carbocycles. The van der Waals surface area contributed by atoms with E-state index in [1.54, 1.807) is 37.3 Å². The third-order valence-corrected chi connectivity index (χ3v) is 3.74. The highest BCUT2D eigenvalue weighted by molar-refractivity contribution is 6.04. The Balaban J connectivity index is 1.68. The van der Waals surface area contributed by atoms with Gasteiger partial charge in [0.15, 0.2) is 5.76 Å². The van der Waals surface area contributed by atoms with Crippen LogP contribution in [-0.4, -0.2) is 22.6 Å². The number of anilines is 1. The van der Waals surface area contributed by atoms with Gasteiger partial charge in [-0.25, -0.2) is 5.43 Å². The van der Waals surface area contributed by atoms with E-state index in [9.17, 15) is 14.7 Å². The van der Waals surface area contributed by atoms with E-state index < -0.39 is 5.91 Å². The molecule has 0 spiro atoms. The van der Waals surface area contributed by atoms with E-state index in [0.717, 1.165) is 5.56 Å². The minimum atomic E-state index is -0.392. The molecule has 0 saturated carbocycles. The molecule has 3 aromatic rings. The summed E-state index contributed by atoms with van der Waals surface area (Å²) in [5.41, 5.74) is 4.72. The van der Waals surface area contributed by atoms with Crippen LogP contribution in [0.3, 0.4) is 0 Å². The molecule has 0 fully saturated rings. The van der Waals surface area contributed by atoms with E-state index in [0.29, 0.717) is 17.0 Å². The molecule has 0 bridgehead atoms. The quantitative estimate of drug-likeness (QED) is 0.477. The average Bonchev–Trinajstić information content (AvgIpc) is 3.21. The first-order valence-corrected chi connectivity index (χ1v) is 8.12. The number of carbonyl (C=O) groups is 2. The second-order valence-corrected chi connectivity index (χ2v) is 5.70. The number of nitrogens with zero attached hydrogens (tertiary/aromatic N) is 1. The molecular weight excluding hydrogens is 346 g/mol. The van der Waals surface area contributed by atoms with Crippen molar-refractivity contribution in [1.29, 1.82) is 0 Å². The van der Waals surface area contributed by atoms with Crippen LogP contribution in [-0.2, 0) is 0 Å². The van der Waals surface area contributed by atoms with Gasteiger partial charge in [-0.1, -0.05) is 12.1 Å². The van der Waals surface area contributed by atoms with Crippen LogP contribution < -0.4 is 10.7 Å². The van der Waals surface area contributed by atoms with Gasteiger partial charge in [0.25, 0.3) is 11.8 Å². The van der Waals surface area contributed by atoms with Crippen LogP contribution in [0.15, 0.2) is 76.4 Å². The molecule has 136 valence electrons. The number of benzene rings is 2. The average molecular weight is 363 g/mol. The van der Waals surface area contributed by atoms with E-state index in [2.05, 4.69) is 15.8 Å². The number of amides is 2.